The number of nitrogens with two attached hydrogens (primary N) is 1. The first-order valence-corrected chi connectivity index (χ1v) is 8.72. The van der Waals surface area contributed by atoms with Gasteiger partial charge in [-0.3, -0.25) is 4.79 Å². The molecule has 138 valence electrons. The Bertz CT molecular complexity index is 319. The lowest BCUT2D eigenvalue weighted by Gasteiger charge is -2.25. The topological polar surface area (TPSA) is 52.3 Å². The van der Waals surface area contributed by atoms with Crippen LogP contribution in [0.1, 0.15) is 78.6 Å². The van der Waals surface area contributed by atoms with Crippen molar-refractivity contribution < 1.29 is 22.7 Å². The number of carbonyl (C=O) groups is 1. The Morgan fingerprint density at radius 3 is 1.91 bits per heavy atom. The number of esters is 1. The van der Waals surface area contributed by atoms with Crippen molar-refractivity contribution in [2.24, 2.45) is 11.7 Å². The fourth-order valence-corrected chi connectivity index (χ4v) is 2.49. The smallest absolute Gasteiger partial charge is 0.404 e. The van der Waals surface area contributed by atoms with Crippen LogP contribution in [0.3, 0.4) is 0 Å². The lowest BCUT2D eigenvalue weighted by Crippen LogP contribution is -2.47. The monoisotopic (exact) mass is 339 g/mol. The predicted molar refractivity (Wildman–Crippen MR) is 86.0 cm³/mol. The number of ether oxygens (including phenoxy) is 1. The van der Waals surface area contributed by atoms with Gasteiger partial charge in [0.15, 0.2) is 0 Å². The highest BCUT2D eigenvalue weighted by atomic mass is 19.4. The van der Waals surface area contributed by atoms with E-state index in [-0.39, 0.29) is 6.42 Å². The van der Waals surface area contributed by atoms with Gasteiger partial charge in [0.2, 0.25) is 0 Å². The van der Waals surface area contributed by atoms with E-state index in [1.54, 1.807) is 13.8 Å². The van der Waals surface area contributed by atoms with Crippen molar-refractivity contribution in [3.05, 3.63) is 0 Å². The molecular weight excluding hydrogens is 307 g/mol. The highest BCUT2D eigenvalue weighted by Gasteiger charge is 2.45. The van der Waals surface area contributed by atoms with Crippen LogP contribution in [-0.2, 0) is 9.53 Å². The van der Waals surface area contributed by atoms with E-state index in [4.69, 9.17) is 10.5 Å². The molecule has 0 fully saturated rings. The first-order valence-electron chi connectivity index (χ1n) is 8.72. The molecule has 2 N–H and O–H groups in total. The van der Waals surface area contributed by atoms with E-state index in [9.17, 15) is 18.0 Å². The van der Waals surface area contributed by atoms with E-state index >= 15 is 0 Å². The van der Waals surface area contributed by atoms with Gasteiger partial charge in [-0.1, -0.05) is 58.3 Å². The van der Waals surface area contributed by atoms with Crippen LogP contribution in [0.2, 0.25) is 0 Å². The summed E-state index contributed by atoms with van der Waals surface area (Å²) in [5.41, 5.74) is 5.24. The molecular formula is C17H32F3NO2. The van der Waals surface area contributed by atoms with Gasteiger partial charge in [0, 0.05) is 0 Å². The third-order valence-electron chi connectivity index (χ3n) is 3.83. The Labute approximate surface area is 138 Å². The zero-order valence-corrected chi connectivity index (χ0v) is 14.6. The van der Waals surface area contributed by atoms with Crippen molar-refractivity contribution in [2.45, 2.75) is 96.9 Å². The Morgan fingerprint density at radius 1 is 1.00 bits per heavy atom. The van der Waals surface area contributed by atoms with Gasteiger partial charge in [-0.2, -0.15) is 13.2 Å². The van der Waals surface area contributed by atoms with Crippen molar-refractivity contribution >= 4 is 5.97 Å². The molecule has 0 spiro atoms. The quantitative estimate of drug-likeness (QED) is 0.403. The summed E-state index contributed by atoms with van der Waals surface area (Å²) in [7, 11) is 0. The summed E-state index contributed by atoms with van der Waals surface area (Å²) >= 11 is 0. The van der Waals surface area contributed by atoms with E-state index in [0.717, 1.165) is 25.7 Å². The minimum Gasteiger partial charge on any atom is -0.463 e. The molecule has 0 rings (SSSR count). The maximum Gasteiger partial charge on any atom is 0.404 e. The van der Waals surface area contributed by atoms with Crippen LogP contribution in [0.4, 0.5) is 13.2 Å². The van der Waals surface area contributed by atoms with Gasteiger partial charge in [-0.15, -0.1) is 0 Å². The summed E-state index contributed by atoms with van der Waals surface area (Å²) < 4.78 is 43.4. The van der Waals surface area contributed by atoms with Crippen molar-refractivity contribution in [2.75, 3.05) is 0 Å². The van der Waals surface area contributed by atoms with Crippen LogP contribution in [0, 0.1) is 5.92 Å². The summed E-state index contributed by atoms with van der Waals surface area (Å²) in [6, 6.07) is -2.15. The van der Waals surface area contributed by atoms with Gasteiger partial charge in [-0.05, 0) is 20.3 Å². The molecule has 0 bridgehead atoms. The third-order valence-corrected chi connectivity index (χ3v) is 3.83. The van der Waals surface area contributed by atoms with Gasteiger partial charge < -0.3 is 10.5 Å². The summed E-state index contributed by atoms with van der Waals surface area (Å²) in [4.78, 5) is 11.9. The Balaban J connectivity index is 4.25. The SMILES string of the molecule is CCCCCCCCCC[C@H](C(=O)OC(C)C)[C@H](N)C(F)(F)F. The number of hydrogen-bond donors (Lipinski definition) is 1. The van der Waals surface area contributed by atoms with Crippen molar-refractivity contribution in [3.8, 4) is 0 Å². The molecule has 0 aliphatic heterocycles. The average molecular weight is 339 g/mol. The maximum absolute atomic E-state index is 12.8. The number of halogens is 3. The fraction of sp³-hybridized carbons (Fsp3) is 0.941. The number of hydrogen-bond acceptors (Lipinski definition) is 3. The number of alkyl halides is 3. The summed E-state index contributed by atoms with van der Waals surface area (Å²) in [5, 5.41) is 0. The molecule has 0 aromatic rings. The highest BCUT2D eigenvalue weighted by Crippen LogP contribution is 2.28. The van der Waals surface area contributed by atoms with Crippen LogP contribution in [0.15, 0.2) is 0 Å². The summed E-state index contributed by atoms with van der Waals surface area (Å²) in [6.07, 6.45) is 3.35. The lowest BCUT2D eigenvalue weighted by atomic mass is 9.93. The first kappa shape index (κ1) is 22.2. The zero-order chi connectivity index (χ0) is 17.9. The largest absolute Gasteiger partial charge is 0.463 e. The average Bonchev–Trinajstić information content (AvgIpc) is 2.43. The van der Waals surface area contributed by atoms with E-state index < -0.39 is 30.2 Å². The second-order valence-corrected chi connectivity index (χ2v) is 6.42. The van der Waals surface area contributed by atoms with Crippen LogP contribution in [-0.4, -0.2) is 24.3 Å². The lowest BCUT2D eigenvalue weighted by molar-refractivity contribution is -0.179. The number of carbonyl (C=O) groups excluding carboxylic acids is 1. The summed E-state index contributed by atoms with van der Waals surface area (Å²) in [5.74, 6) is -2.15. The highest BCUT2D eigenvalue weighted by molar-refractivity contribution is 5.73. The van der Waals surface area contributed by atoms with Gasteiger partial charge in [0.05, 0.1) is 12.0 Å². The standard InChI is InChI=1S/C17H32F3NO2/c1-4-5-6-7-8-9-10-11-12-14(15(21)17(18,19)20)16(22)23-13(2)3/h13-15H,4-12,21H2,1-3H3/t14-,15-/m0/s1. The molecule has 0 aromatic carbocycles. The molecule has 0 heterocycles. The van der Waals surface area contributed by atoms with Crippen LogP contribution < -0.4 is 5.73 Å². The molecule has 2 atom stereocenters. The first-order chi connectivity index (χ1) is 10.7. The minimum atomic E-state index is -4.58. The van der Waals surface area contributed by atoms with Gasteiger partial charge in [0.1, 0.15) is 6.04 Å². The van der Waals surface area contributed by atoms with Gasteiger partial charge in [-0.25, -0.2) is 0 Å². The molecule has 0 amide bonds. The number of unbranched alkanes of at least 4 members (excludes halogenated alkanes) is 7. The second kappa shape index (κ2) is 11.7. The molecule has 0 unspecified atom stereocenters. The third kappa shape index (κ3) is 10.6. The molecule has 0 aliphatic carbocycles. The van der Waals surface area contributed by atoms with Gasteiger partial charge in [0.25, 0.3) is 0 Å². The van der Waals surface area contributed by atoms with E-state index in [2.05, 4.69) is 6.92 Å². The van der Waals surface area contributed by atoms with Crippen molar-refractivity contribution in [1.29, 1.82) is 0 Å². The Kier molecular flexibility index (Phi) is 11.3. The van der Waals surface area contributed by atoms with Crippen LogP contribution in [0.25, 0.3) is 0 Å². The molecule has 0 aromatic heterocycles. The fourth-order valence-electron chi connectivity index (χ4n) is 2.49. The van der Waals surface area contributed by atoms with Crippen LogP contribution >= 0.6 is 0 Å². The predicted octanol–water partition coefficient (Wildman–Crippen LogP) is 4.97. The Hall–Kier alpha value is -0.780. The van der Waals surface area contributed by atoms with Crippen LogP contribution in [0.5, 0.6) is 0 Å². The molecule has 3 nitrogen and oxygen atoms in total. The molecule has 0 saturated heterocycles. The normalized spacial score (nSPS) is 14.8. The van der Waals surface area contributed by atoms with E-state index in [1.165, 1.54) is 19.3 Å². The molecule has 6 heteroatoms. The Morgan fingerprint density at radius 2 is 1.48 bits per heavy atom. The minimum absolute atomic E-state index is 0.126. The second-order valence-electron chi connectivity index (χ2n) is 6.42. The van der Waals surface area contributed by atoms with E-state index in [0.29, 0.717) is 6.42 Å². The summed E-state index contributed by atoms with van der Waals surface area (Å²) in [6.45, 7) is 5.38. The zero-order valence-electron chi connectivity index (χ0n) is 14.6. The molecule has 0 radical (unpaired) electrons. The van der Waals surface area contributed by atoms with Crippen molar-refractivity contribution in [1.82, 2.24) is 0 Å². The van der Waals surface area contributed by atoms with E-state index in [1.807, 2.05) is 0 Å². The molecule has 0 saturated carbocycles. The molecule has 23 heavy (non-hydrogen) atoms. The van der Waals surface area contributed by atoms with Crippen molar-refractivity contribution in [3.63, 3.8) is 0 Å². The number of rotatable bonds is 12. The van der Waals surface area contributed by atoms with Gasteiger partial charge >= 0.3 is 12.1 Å². The maximum atomic E-state index is 12.8. The molecule has 0 aliphatic rings.